The molecule has 0 radical (unpaired) electrons. The lowest BCUT2D eigenvalue weighted by molar-refractivity contribution is 0.0176. The minimum absolute atomic E-state index is 0.0513. The van der Waals surface area contributed by atoms with Crippen LogP contribution in [0.1, 0.15) is 20.8 Å². The van der Waals surface area contributed by atoms with E-state index in [4.69, 9.17) is 0 Å². The smallest absolute Gasteiger partial charge is 0.0519 e. The second-order valence-corrected chi connectivity index (χ2v) is 6.10. The van der Waals surface area contributed by atoms with Crippen molar-refractivity contribution in [1.82, 2.24) is 9.80 Å². The second-order valence-electron chi connectivity index (χ2n) is 6.10. The standard InChI is InChI=1S/C13H28N2O2/c1-12(2)8-14-4-6-15(7-5-14)9-13(3,10-16)11-17/h12,16-17H,4-11H2,1-3H3. The molecule has 1 rings (SSSR count). The fourth-order valence-electron chi connectivity index (χ4n) is 2.34. The molecule has 4 heteroatoms. The van der Waals surface area contributed by atoms with Crippen LogP contribution in [0.2, 0.25) is 0 Å². The van der Waals surface area contributed by atoms with E-state index in [1.165, 1.54) is 6.54 Å². The Kier molecular flexibility index (Phi) is 5.86. The van der Waals surface area contributed by atoms with E-state index in [0.717, 1.165) is 38.6 Å². The molecule has 0 aromatic rings. The lowest BCUT2D eigenvalue weighted by atomic mass is 9.92. The van der Waals surface area contributed by atoms with E-state index in [2.05, 4.69) is 23.6 Å². The molecule has 4 nitrogen and oxygen atoms in total. The summed E-state index contributed by atoms with van der Waals surface area (Å²) in [5.41, 5.74) is -0.361. The number of hydrogen-bond donors (Lipinski definition) is 2. The number of nitrogens with zero attached hydrogens (tertiary/aromatic N) is 2. The van der Waals surface area contributed by atoms with Crippen molar-refractivity contribution < 1.29 is 10.2 Å². The van der Waals surface area contributed by atoms with Crippen molar-refractivity contribution in [2.75, 3.05) is 52.5 Å². The fourth-order valence-corrected chi connectivity index (χ4v) is 2.34. The van der Waals surface area contributed by atoms with Crippen molar-refractivity contribution in [3.05, 3.63) is 0 Å². The molecule has 1 aliphatic rings. The second kappa shape index (κ2) is 6.69. The van der Waals surface area contributed by atoms with Gasteiger partial charge in [0, 0.05) is 44.7 Å². The summed E-state index contributed by atoms with van der Waals surface area (Å²) in [6.45, 7) is 12.8. The molecule has 0 aromatic carbocycles. The van der Waals surface area contributed by atoms with Gasteiger partial charge in [0.2, 0.25) is 0 Å². The van der Waals surface area contributed by atoms with Crippen molar-refractivity contribution in [3.8, 4) is 0 Å². The number of piperazine rings is 1. The van der Waals surface area contributed by atoms with Gasteiger partial charge in [-0.25, -0.2) is 0 Å². The van der Waals surface area contributed by atoms with Gasteiger partial charge in [-0.05, 0) is 5.92 Å². The van der Waals surface area contributed by atoms with Gasteiger partial charge < -0.3 is 20.0 Å². The minimum Gasteiger partial charge on any atom is -0.396 e. The summed E-state index contributed by atoms with van der Waals surface area (Å²) in [7, 11) is 0. The highest BCUT2D eigenvalue weighted by atomic mass is 16.3. The molecule has 0 unspecified atom stereocenters. The van der Waals surface area contributed by atoms with Gasteiger partial charge in [-0.1, -0.05) is 20.8 Å². The molecule has 0 saturated carbocycles. The van der Waals surface area contributed by atoms with E-state index < -0.39 is 0 Å². The van der Waals surface area contributed by atoms with Crippen molar-refractivity contribution >= 4 is 0 Å². The average molecular weight is 244 g/mol. The quantitative estimate of drug-likeness (QED) is 0.703. The minimum atomic E-state index is -0.361. The van der Waals surface area contributed by atoms with Crippen molar-refractivity contribution in [2.24, 2.45) is 11.3 Å². The number of aliphatic hydroxyl groups excluding tert-OH is 2. The van der Waals surface area contributed by atoms with E-state index in [-0.39, 0.29) is 18.6 Å². The maximum atomic E-state index is 9.29. The molecular weight excluding hydrogens is 216 g/mol. The van der Waals surface area contributed by atoms with E-state index in [0.29, 0.717) is 0 Å². The van der Waals surface area contributed by atoms with Crippen LogP contribution in [-0.4, -0.2) is 72.5 Å². The van der Waals surface area contributed by atoms with Gasteiger partial charge in [-0.2, -0.15) is 0 Å². The Hall–Kier alpha value is -0.160. The molecule has 0 spiro atoms. The lowest BCUT2D eigenvalue weighted by Gasteiger charge is -2.39. The van der Waals surface area contributed by atoms with Crippen LogP contribution in [0.5, 0.6) is 0 Å². The average Bonchev–Trinajstić information content (AvgIpc) is 2.31. The first-order chi connectivity index (χ1) is 7.99. The van der Waals surface area contributed by atoms with Gasteiger partial charge >= 0.3 is 0 Å². The number of hydrogen-bond acceptors (Lipinski definition) is 4. The summed E-state index contributed by atoms with van der Waals surface area (Å²) >= 11 is 0. The highest BCUT2D eigenvalue weighted by Crippen LogP contribution is 2.17. The van der Waals surface area contributed by atoms with Gasteiger partial charge in [0.1, 0.15) is 0 Å². The Morgan fingerprint density at radius 3 is 1.88 bits per heavy atom. The van der Waals surface area contributed by atoms with Crippen LogP contribution in [0.4, 0.5) is 0 Å². The molecule has 102 valence electrons. The Bertz CT molecular complexity index is 209. The van der Waals surface area contributed by atoms with Gasteiger partial charge in [-0.15, -0.1) is 0 Å². The monoisotopic (exact) mass is 244 g/mol. The van der Waals surface area contributed by atoms with Crippen LogP contribution < -0.4 is 0 Å². The van der Waals surface area contributed by atoms with Gasteiger partial charge in [0.15, 0.2) is 0 Å². The first-order valence-corrected chi connectivity index (χ1v) is 6.65. The van der Waals surface area contributed by atoms with Crippen LogP contribution in [0.15, 0.2) is 0 Å². The molecule has 1 saturated heterocycles. The largest absolute Gasteiger partial charge is 0.396 e. The zero-order valence-electron chi connectivity index (χ0n) is 11.5. The maximum Gasteiger partial charge on any atom is 0.0519 e. The van der Waals surface area contributed by atoms with Crippen LogP contribution in [-0.2, 0) is 0 Å². The predicted molar refractivity (Wildman–Crippen MR) is 70.0 cm³/mol. The normalized spacial score (nSPS) is 20.1. The first-order valence-electron chi connectivity index (χ1n) is 6.65. The van der Waals surface area contributed by atoms with Gasteiger partial charge in [0.05, 0.1) is 13.2 Å². The zero-order valence-corrected chi connectivity index (χ0v) is 11.5. The summed E-state index contributed by atoms with van der Waals surface area (Å²) in [5, 5.41) is 18.6. The van der Waals surface area contributed by atoms with Crippen molar-refractivity contribution in [1.29, 1.82) is 0 Å². The highest BCUT2D eigenvalue weighted by molar-refractivity contribution is 4.80. The topological polar surface area (TPSA) is 46.9 Å². The van der Waals surface area contributed by atoms with Crippen LogP contribution in [0.25, 0.3) is 0 Å². The molecule has 1 aliphatic heterocycles. The van der Waals surface area contributed by atoms with Crippen LogP contribution in [0.3, 0.4) is 0 Å². The van der Waals surface area contributed by atoms with Crippen LogP contribution in [0, 0.1) is 11.3 Å². The molecule has 0 atom stereocenters. The van der Waals surface area contributed by atoms with Crippen molar-refractivity contribution in [2.45, 2.75) is 20.8 Å². The third-order valence-electron chi connectivity index (χ3n) is 3.46. The highest BCUT2D eigenvalue weighted by Gasteiger charge is 2.27. The Balaban J connectivity index is 2.32. The lowest BCUT2D eigenvalue weighted by Crippen LogP contribution is -2.51. The van der Waals surface area contributed by atoms with Crippen LogP contribution >= 0.6 is 0 Å². The molecule has 0 bridgehead atoms. The Labute approximate surface area is 105 Å². The van der Waals surface area contributed by atoms with E-state index in [1.807, 2.05) is 6.92 Å². The summed E-state index contributed by atoms with van der Waals surface area (Å²) in [6.07, 6.45) is 0. The molecule has 0 aliphatic carbocycles. The third kappa shape index (κ3) is 4.92. The summed E-state index contributed by atoms with van der Waals surface area (Å²) in [6, 6.07) is 0. The van der Waals surface area contributed by atoms with Crippen molar-refractivity contribution in [3.63, 3.8) is 0 Å². The molecule has 1 fully saturated rings. The molecule has 17 heavy (non-hydrogen) atoms. The third-order valence-corrected chi connectivity index (χ3v) is 3.46. The van der Waals surface area contributed by atoms with E-state index in [9.17, 15) is 10.2 Å². The molecular formula is C13H28N2O2. The number of rotatable bonds is 6. The fraction of sp³-hybridized carbons (Fsp3) is 1.00. The number of aliphatic hydroxyl groups is 2. The molecule has 2 N–H and O–H groups in total. The van der Waals surface area contributed by atoms with Gasteiger partial charge in [-0.3, -0.25) is 0 Å². The Morgan fingerprint density at radius 2 is 1.47 bits per heavy atom. The molecule has 0 aromatic heterocycles. The first kappa shape index (κ1) is 14.9. The summed E-state index contributed by atoms with van der Waals surface area (Å²) in [5.74, 6) is 0.724. The summed E-state index contributed by atoms with van der Waals surface area (Å²) in [4.78, 5) is 4.85. The molecule has 1 heterocycles. The SMILES string of the molecule is CC(C)CN1CCN(CC(C)(CO)CO)CC1. The summed E-state index contributed by atoms with van der Waals surface area (Å²) < 4.78 is 0. The Morgan fingerprint density at radius 1 is 1.00 bits per heavy atom. The van der Waals surface area contributed by atoms with E-state index >= 15 is 0 Å². The zero-order chi connectivity index (χ0) is 12.9. The van der Waals surface area contributed by atoms with Gasteiger partial charge in [0.25, 0.3) is 0 Å². The molecule has 0 amide bonds. The van der Waals surface area contributed by atoms with E-state index in [1.54, 1.807) is 0 Å². The predicted octanol–water partition coefficient (Wildman–Crippen LogP) is 0.251. The maximum absolute atomic E-state index is 9.29.